The first-order chi connectivity index (χ1) is 15.0. The number of amides is 2. The Morgan fingerprint density at radius 1 is 0.839 bits per heavy atom. The molecule has 6 atom stereocenters. The second-order valence-corrected chi connectivity index (χ2v) is 9.56. The van der Waals surface area contributed by atoms with Gasteiger partial charge in [0.05, 0.1) is 13.2 Å². The lowest BCUT2D eigenvalue weighted by atomic mass is 9.95. The van der Waals surface area contributed by atoms with Crippen LogP contribution in [0.2, 0.25) is 0 Å². The lowest BCUT2D eigenvalue weighted by Gasteiger charge is -2.19. The van der Waals surface area contributed by atoms with E-state index < -0.39 is 12.2 Å². The van der Waals surface area contributed by atoms with E-state index in [1.165, 1.54) is 12.8 Å². The van der Waals surface area contributed by atoms with Crippen molar-refractivity contribution in [2.24, 2.45) is 35.5 Å². The van der Waals surface area contributed by atoms with Crippen LogP contribution in [-0.4, -0.2) is 25.4 Å². The molecule has 4 bridgehead atoms. The highest BCUT2D eigenvalue weighted by Gasteiger charge is 2.37. The number of rotatable bonds is 6. The molecular formula is C25H30N2O4. The van der Waals surface area contributed by atoms with Crippen molar-refractivity contribution in [3.05, 3.63) is 48.1 Å². The number of allylic oxidation sites excluding steroid dienone is 4. The smallest absolute Gasteiger partial charge is 0.411 e. The zero-order valence-corrected chi connectivity index (χ0v) is 17.9. The molecule has 1 aromatic rings. The van der Waals surface area contributed by atoms with Gasteiger partial charge in [-0.1, -0.05) is 30.4 Å². The fourth-order valence-corrected chi connectivity index (χ4v) is 5.67. The summed E-state index contributed by atoms with van der Waals surface area (Å²) in [5, 5.41) is 5.57. The van der Waals surface area contributed by atoms with Gasteiger partial charge in [-0.25, -0.2) is 9.59 Å². The van der Waals surface area contributed by atoms with Gasteiger partial charge in [-0.15, -0.1) is 0 Å². The van der Waals surface area contributed by atoms with Crippen LogP contribution in [0.3, 0.4) is 0 Å². The van der Waals surface area contributed by atoms with Crippen LogP contribution in [0.15, 0.2) is 42.5 Å². The normalized spacial score (nSPS) is 31.8. The van der Waals surface area contributed by atoms with Crippen LogP contribution in [-0.2, 0) is 9.47 Å². The molecule has 0 aromatic heterocycles. The van der Waals surface area contributed by atoms with Crippen molar-refractivity contribution in [2.45, 2.75) is 32.6 Å². The average Bonchev–Trinajstić information content (AvgIpc) is 3.55. The van der Waals surface area contributed by atoms with Crippen molar-refractivity contribution in [1.82, 2.24) is 0 Å². The predicted molar refractivity (Wildman–Crippen MR) is 119 cm³/mol. The molecule has 6 nitrogen and oxygen atoms in total. The molecule has 2 fully saturated rings. The van der Waals surface area contributed by atoms with E-state index in [1.807, 2.05) is 13.0 Å². The van der Waals surface area contributed by atoms with Crippen molar-refractivity contribution in [1.29, 1.82) is 0 Å². The van der Waals surface area contributed by atoms with E-state index >= 15 is 0 Å². The first-order valence-corrected chi connectivity index (χ1v) is 11.4. The molecule has 164 valence electrons. The Hall–Kier alpha value is -2.76. The maximum absolute atomic E-state index is 12.3. The fraction of sp³-hybridized carbons (Fsp3) is 0.520. The number of carbonyl (C=O) groups is 2. The number of hydrogen-bond acceptors (Lipinski definition) is 4. The number of carbonyl (C=O) groups excluding carboxylic acids is 2. The summed E-state index contributed by atoms with van der Waals surface area (Å²) < 4.78 is 10.9. The lowest BCUT2D eigenvalue weighted by Crippen LogP contribution is -2.22. The maximum atomic E-state index is 12.3. The Morgan fingerprint density at radius 3 is 1.94 bits per heavy atom. The van der Waals surface area contributed by atoms with Crippen molar-refractivity contribution in [2.75, 3.05) is 23.8 Å². The number of anilines is 2. The molecule has 0 heterocycles. The molecule has 1 aromatic carbocycles. The molecule has 6 heteroatoms. The molecule has 0 aliphatic heterocycles. The van der Waals surface area contributed by atoms with Crippen molar-refractivity contribution in [3.63, 3.8) is 0 Å². The van der Waals surface area contributed by atoms with Gasteiger partial charge in [0.2, 0.25) is 0 Å². The quantitative estimate of drug-likeness (QED) is 0.592. The Morgan fingerprint density at radius 2 is 1.42 bits per heavy atom. The summed E-state index contributed by atoms with van der Waals surface area (Å²) in [5.74, 6) is 3.27. The van der Waals surface area contributed by atoms with E-state index in [0.717, 1.165) is 18.4 Å². The summed E-state index contributed by atoms with van der Waals surface area (Å²) in [7, 11) is 0. The van der Waals surface area contributed by atoms with Gasteiger partial charge in [0, 0.05) is 23.2 Å². The van der Waals surface area contributed by atoms with Crippen LogP contribution in [0.5, 0.6) is 0 Å². The number of ether oxygens (including phenoxy) is 2. The zero-order valence-electron chi connectivity index (χ0n) is 17.9. The van der Waals surface area contributed by atoms with Gasteiger partial charge in [0.25, 0.3) is 0 Å². The molecule has 4 aliphatic carbocycles. The largest absolute Gasteiger partial charge is 0.449 e. The summed E-state index contributed by atoms with van der Waals surface area (Å²) in [6.45, 7) is 2.79. The zero-order chi connectivity index (χ0) is 21.4. The standard InChI is InChI=1S/C25H30N2O4/c1-15-2-7-22(26-24(28)30-13-20-10-16-3-5-18(20)8-16)12-23(15)27-25(29)31-14-21-11-17-4-6-19(21)9-17/h2-7,12,16-21H,8-11,13-14H2,1H3,(H,26,28)(H,27,29)/t16-,17+,18-,19-,20-,21+/m0/s1. The van der Waals surface area contributed by atoms with Crippen molar-refractivity contribution >= 4 is 23.6 Å². The minimum Gasteiger partial charge on any atom is -0.449 e. The molecular weight excluding hydrogens is 392 g/mol. The van der Waals surface area contributed by atoms with Crippen LogP contribution in [0.25, 0.3) is 0 Å². The third kappa shape index (κ3) is 4.48. The lowest BCUT2D eigenvalue weighted by molar-refractivity contribution is 0.133. The van der Waals surface area contributed by atoms with E-state index in [1.54, 1.807) is 12.1 Å². The van der Waals surface area contributed by atoms with Gasteiger partial charge >= 0.3 is 12.2 Å². The molecule has 2 amide bonds. The van der Waals surface area contributed by atoms with Gasteiger partial charge in [-0.3, -0.25) is 10.6 Å². The van der Waals surface area contributed by atoms with Crippen molar-refractivity contribution in [3.8, 4) is 0 Å². The molecule has 0 unspecified atom stereocenters. The Bertz CT molecular complexity index is 924. The summed E-state index contributed by atoms with van der Waals surface area (Å²) in [4.78, 5) is 24.5. The van der Waals surface area contributed by atoms with E-state index in [4.69, 9.17) is 9.47 Å². The second-order valence-electron chi connectivity index (χ2n) is 9.56. The second kappa shape index (κ2) is 8.40. The Balaban J connectivity index is 1.10. The Labute approximate surface area is 183 Å². The average molecular weight is 423 g/mol. The molecule has 2 N–H and O–H groups in total. The van der Waals surface area contributed by atoms with E-state index in [2.05, 4.69) is 34.9 Å². The molecule has 5 rings (SSSR count). The number of benzene rings is 1. The molecule has 0 saturated heterocycles. The summed E-state index contributed by atoms with van der Waals surface area (Å²) in [6.07, 6.45) is 12.7. The molecule has 2 saturated carbocycles. The van der Waals surface area contributed by atoms with Crippen LogP contribution >= 0.6 is 0 Å². The molecule has 31 heavy (non-hydrogen) atoms. The minimum atomic E-state index is -0.464. The maximum Gasteiger partial charge on any atom is 0.411 e. The van der Waals surface area contributed by atoms with Gasteiger partial charge < -0.3 is 9.47 Å². The third-order valence-corrected chi connectivity index (χ3v) is 7.41. The predicted octanol–water partition coefficient (Wildman–Crippen LogP) is 5.52. The monoisotopic (exact) mass is 422 g/mol. The van der Waals surface area contributed by atoms with Gasteiger partial charge in [-0.2, -0.15) is 0 Å². The summed E-state index contributed by atoms with van der Waals surface area (Å²) in [5.41, 5.74) is 2.10. The van der Waals surface area contributed by atoms with Gasteiger partial charge in [-0.05, 0) is 74.0 Å². The Kier molecular flexibility index (Phi) is 5.47. The van der Waals surface area contributed by atoms with Crippen molar-refractivity contribution < 1.29 is 19.1 Å². The van der Waals surface area contributed by atoms with Gasteiger partial charge in [0.1, 0.15) is 0 Å². The summed E-state index contributed by atoms with van der Waals surface area (Å²) >= 11 is 0. The number of aryl methyl sites for hydroxylation is 1. The topological polar surface area (TPSA) is 76.7 Å². The summed E-state index contributed by atoms with van der Waals surface area (Å²) in [6, 6.07) is 5.39. The first kappa shape index (κ1) is 20.2. The number of nitrogens with one attached hydrogen (secondary N) is 2. The van der Waals surface area contributed by atoms with E-state index in [0.29, 0.717) is 60.1 Å². The highest BCUT2D eigenvalue weighted by atomic mass is 16.6. The van der Waals surface area contributed by atoms with Crippen LogP contribution in [0.4, 0.5) is 21.0 Å². The fourth-order valence-electron chi connectivity index (χ4n) is 5.67. The molecule has 0 spiro atoms. The minimum absolute atomic E-state index is 0.426. The highest BCUT2D eigenvalue weighted by molar-refractivity contribution is 5.89. The molecule has 4 aliphatic rings. The SMILES string of the molecule is Cc1ccc(NC(=O)OC[C@@H]2C[C@H]3C=C[C@H]2C3)cc1NC(=O)OC[C@H]1C[C@@H]2C=C[C@H]1C2. The van der Waals surface area contributed by atoms with Gasteiger partial charge in [0.15, 0.2) is 0 Å². The van der Waals surface area contributed by atoms with E-state index in [9.17, 15) is 9.59 Å². The third-order valence-electron chi connectivity index (χ3n) is 7.41. The number of hydrogen-bond donors (Lipinski definition) is 2. The molecule has 0 radical (unpaired) electrons. The van der Waals surface area contributed by atoms with E-state index in [-0.39, 0.29) is 0 Å². The number of fused-ring (bicyclic) bond motifs is 4. The first-order valence-electron chi connectivity index (χ1n) is 11.4. The van der Waals surface area contributed by atoms with Crippen LogP contribution in [0, 0.1) is 42.4 Å². The van der Waals surface area contributed by atoms with Crippen LogP contribution < -0.4 is 10.6 Å². The van der Waals surface area contributed by atoms with Crippen LogP contribution in [0.1, 0.15) is 31.2 Å². The highest BCUT2D eigenvalue weighted by Crippen LogP contribution is 2.44.